The predicted octanol–water partition coefficient (Wildman–Crippen LogP) is 2.38. The van der Waals surface area contributed by atoms with Crippen molar-refractivity contribution in [2.45, 2.75) is 39.3 Å². The molecule has 2 heterocycles. The predicted molar refractivity (Wildman–Crippen MR) is 95.2 cm³/mol. The average Bonchev–Trinajstić information content (AvgIpc) is 3.03. The summed E-state index contributed by atoms with van der Waals surface area (Å²) in [6.07, 6.45) is 0.259. The van der Waals surface area contributed by atoms with Crippen LogP contribution >= 0.6 is 0 Å². The van der Waals surface area contributed by atoms with Gasteiger partial charge in [0.2, 0.25) is 0 Å². The highest BCUT2D eigenvalue weighted by molar-refractivity contribution is 5.80. The Morgan fingerprint density at radius 2 is 2.08 bits per heavy atom. The third kappa shape index (κ3) is 3.85. The van der Waals surface area contributed by atoms with E-state index < -0.39 is 6.10 Å². The van der Waals surface area contributed by atoms with Crippen LogP contribution in [-0.2, 0) is 17.8 Å². The number of H-pyrrole nitrogens is 1. The van der Waals surface area contributed by atoms with E-state index in [0.29, 0.717) is 25.9 Å². The fraction of sp³-hybridized carbons (Fsp3) is 0.474. The first-order valence-electron chi connectivity index (χ1n) is 8.67. The van der Waals surface area contributed by atoms with Crippen molar-refractivity contribution in [2.75, 3.05) is 13.7 Å². The number of carbonyl (C=O) groups excluding carboxylic acids is 1. The molecule has 1 amide bonds. The molecule has 0 saturated heterocycles. The Balaban J connectivity index is 1.73. The monoisotopic (exact) mass is 343 g/mol. The number of aromatic amines is 1. The Bertz CT molecular complexity index is 737. The van der Waals surface area contributed by atoms with Crippen LogP contribution in [0, 0.1) is 5.92 Å². The number of benzene rings is 1. The topological polar surface area (TPSA) is 78.5 Å². The van der Waals surface area contributed by atoms with E-state index in [9.17, 15) is 9.90 Å². The van der Waals surface area contributed by atoms with E-state index >= 15 is 0 Å². The summed E-state index contributed by atoms with van der Waals surface area (Å²) in [5.74, 6) is 1.69. The molecule has 1 aliphatic heterocycles. The fourth-order valence-electron chi connectivity index (χ4n) is 3.13. The van der Waals surface area contributed by atoms with E-state index in [0.717, 1.165) is 28.5 Å². The first-order valence-corrected chi connectivity index (χ1v) is 8.67. The van der Waals surface area contributed by atoms with Crippen LogP contribution in [0.5, 0.6) is 5.75 Å². The normalized spacial score (nSPS) is 15.2. The van der Waals surface area contributed by atoms with Gasteiger partial charge in [-0.05, 0) is 36.6 Å². The second kappa shape index (κ2) is 7.27. The van der Waals surface area contributed by atoms with Crippen molar-refractivity contribution in [3.8, 4) is 17.1 Å². The summed E-state index contributed by atoms with van der Waals surface area (Å²) < 4.78 is 5.18. The fourth-order valence-corrected chi connectivity index (χ4v) is 3.13. The van der Waals surface area contributed by atoms with Crippen LogP contribution in [0.1, 0.15) is 31.7 Å². The van der Waals surface area contributed by atoms with Gasteiger partial charge in [-0.3, -0.25) is 4.79 Å². The van der Waals surface area contributed by atoms with E-state index in [4.69, 9.17) is 4.74 Å². The van der Waals surface area contributed by atoms with Crippen LogP contribution in [-0.4, -0.2) is 45.6 Å². The minimum absolute atomic E-state index is 0.194. The Morgan fingerprint density at radius 3 is 2.72 bits per heavy atom. The number of aromatic nitrogens is 2. The summed E-state index contributed by atoms with van der Waals surface area (Å²) in [6, 6.07) is 7.71. The third-order valence-corrected chi connectivity index (χ3v) is 4.49. The van der Waals surface area contributed by atoms with Gasteiger partial charge in [0.15, 0.2) is 0 Å². The van der Waals surface area contributed by atoms with Crippen LogP contribution in [0.4, 0.5) is 0 Å². The molecule has 6 nitrogen and oxygen atoms in total. The van der Waals surface area contributed by atoms with Crippen molar-refractivity contribution in [1.82, 2.24) is 14.9 Å². The van der Waals surface area contributed by atoms with Crippen molar-refractivity contribution in [1.29, 1.82) is 0 Å². The van der Waals surface area contributed by atoms with Gasteiger partial charge in [0.05, 0.1) is 25.0 Å². The maximum absolute atomic E-state index is 12.4. The number of hydrogen-bond donors (Lipinski definition) is 2. The van der Waals surface area contributed by atoms with Gasteiger partial charge in [-0.25, -0.2) is 4.98 Å². The first-order chi connectivity index (χ1) is 12.0. The number of nitrogens with one attached hydrogen (secondary N) is 1. The van der Waals surface area contributed by atoms with Crippen LogP contribution < -0.4 is 4.74 Å². The van der Waals surface area contributed by atoms with Gasteiger partial charge >= 0.3 is 0 Å². The molecule has 0 aliphatic carbocycles. The number of ether oxygens (including phenoxy) is 1. The van der Waals surface area contributed by atoms with E-state index in [2.05, 4.69) is 9.97 Å². The van der Waals surface area contributed by atoms with Gasteiger partial charge in [-0.15, -0.1) is 0 Å². The van der Waals surface area contributed by atoms with Crippen molar-refractivity contribution in [2.24, 2.45) is 5.92 Å². The summed E-state index contributed by atoms with van der Waals surface area (Å²) >= 11 is 0. The van der Waals surface area contributed by atoms with Gasteiger partial charge in [0.1, 0.15) is 17.7 Å². The molecule has 0 fully saturated rings. The maximum Gasteiger partial charge on any atom is 0.251 e. The second-order valence-electron chi connectivity index (χ2n) is 6.89. The zero-order valence-corrected chi connectivity index (χ0v) is 15.0. The van der Waals surface area contributed by atoms with Crippen molar-refractivity contribution < 1.29 is 14.6 Å². The lowest BCUT2D eigenvalue weighted by atomic mass is 10.0. The molecule has 134 valence electrons. The zero-order chi connectivity index (χ0) is 18.0. The highest BCUT2D eigenvalue weighted by Crippen LogP contribution is 2.25. The number of hydrogen-bond acceptors (Lipinski definition) is 4. The molecule has 25 heavy (non-hydrogen) atoms. The lowest BCUT2D eigenvalue weighted by Crippen LogP contribution is -2.42. The molecule has 2 N–H and O–H groups in total. The number of imidazole rings is 1. The molecule has 2 aromatic rings. The van der Waals surface area contributed by atoms with Crippen LogP contribution in [0.2, 0.25) is 0 Å². The Kier molecular flexibility index (Phi) is 5.08. The molecule has 0 unspecified atom stereocenters. The summed E-state index contributed by atoms with van der Waals surface area (Å²) in [5.41, 5.74) is 2.92. The molecule has 0 spiro atoms. The summed E-state index contributed by atoms with van der Waals surface area (Å²) in [4.78, 5) is 22.1. The lowest BCUT2D eigenvalue weighted by Gasteiger charge is -2.28. The number of fused-ring (bicyclic) bond motifs is 1. The number of carbonyl (C=O) groups is 1. The number of rotatable bonds is 5. The first kappa shape index (κ1) is 17.5. The Labute approximate surface area is 147 Å². The quantitative estimate of drug-likeness (QED) is 0.874. The molecule has 1 aromatic heterocycles. The maximum atomic E-state index is 12.4. The van der Waals surface area contributed by atoms with Gasteiger partial charge in [-0.1, -0.05) is 13.8 Å². The second-order valence-corrected chi connectivity index (χ2v) is 6.89. The number of amides is 1. The standard InChI is InChI=1S/C19H25N3O3/c1-12(2)10-17(23)19(24)22-9-8-15-16(11-22)21-18(20-15)13-4-6-14(25-3)7-5-13/h4-7,12,17,23H,8-11H2,1-3H3,(H,20,21)/t17-/m0/s1. The van der Waals surface area contributed by atoms with Crippen LogP contribution in [0.25, 0.3) is 11.4 Å². The van der Waals surface area contributed by atoms with Crippen molar-refractivity contribution >= 4 is 5.91 Å². The number of methoxy groups -OCH3 is 1. The lowest BCUT2D eigenvalue weighted by molar-refractivity contribution is -0.142. The molecule has 1 aliphatic rings. The molecule has 1 atom stereocenters. The largest absolute Gasteiger partial charge is 0.497 e. The highest BCUT2D eigenvalue weighted by Gasteiger charge is 2.28. The number of nitrogens with zero attached hydrogens (tertiary/aromatic N) is 2. The molecular formula is C19H25N3O3. The summed E-state index contributed by atoms with van der Waals surface area (Å²) in [6.45, 7) is 5.06. The van der Waals surface area contributed by atoms with Crippen LogP contribution in [0.3, 0.4) is 0 Å². The zero-order valence-electron chi connectivity index (χ0n) is 15.0. The molecule has 3 rings (SSSR count). The van der Waals surface area contributed by atoms with Gasteiger partial charge in [0.25, 0.3) is 5.91 Å². The van der Waals surface area contributed by atoms with E-state index in [1.807, 2.05) is 38.1 Å². The molecule has 6 heteroatoms. The molecular weight excluding hydrogens is 318 g/mol. The summed E-state index contributed by atoms with van der Waals surface area (Å²) in [5, 5.41) is 10.1. The Morgan fingerprint density at radius 1 is 1.36 bits per heavy atom. The number of aliphatic hydroxyl groups excluding tert-OH is 1. The van der Waals surface area contributed by atoms with E-state index in [1.54, 1.807) is 12.0 Å². The summed E-state index contributed by atoms with van der Waals surface area (Å²) in [7, 11) is 1.64. The molecule has 0 saturated carbocycles. The molecule has 0 radical (unpaired) electrons. The van der Waals surface area contributed by atoms with Crippen LogP contribution in [0.15, 0.2) is 24.3 Å². The minimum Gasteiger partial charge on any atom is -0.497 e. The third-order valence-electron chi connectivity index (χ3n) is 4.49. The number of aliphatic hydroxyl groups is 1. The SMILES string of the molecule is COc1ccc(-c2nc3c([nH]2)CN(C(=O)[C@@H](O)CC(C)C)CC3)cc1. The smallest absolute Gasteiger partial charge is 0.251 e. The van der Waals surface area contributed by atoms with Crippen molar-refractivity contribution in [3.05, 3.63) is 35.7 Å². The van der Waals surface area contributed by atoms with E-state index in [-0.39, 0.29) is 11.8 Å². The van der Waals surface area contributed by atoms with Crippen molar-refractivity contribution in [3.63, 3.8) is 0 Å². The Hall–Kier alpha value is -2.34. The van der Waals surface area contributed by atoms with Gasteiger partial charge in [0, 0.05) is 18.5 Å². The molecule has 0 bridgehead atoms. The van der Waals surface area contributed by atoms with E-state index in [1.165, 1.54) is 0 Å². The van der Waals surface area contributed by atoms with Gasteiger partial charge < -0.3 is 19.7 Å². The molecule has 1 aromatic carbocycles. The average molecular weight is 343 g/mol. The minimum atomic E-state index is -0.925. The highest BCUT2D eigenvalue weighted by atomic mass is 16.5. The van der Waals surface area contributed by atoms with Gasteiger partial charge in [-0.2, -0.15) is 0 Å².